The molecule has 4 aliphatic carbocycles. The van der Waals surface area contributed by atoms with E-state index < -0.39 is 101 Å². The Balaban J connectivity index is 0.00000310. The van der Waals surface area contributed by atoms with Crippen LogP contribution in [0.15, 0.2) is 71.8 Å². The zero-order valence-electron chi connectivity index (χ0n) is 32.7. The maximum atomic E-state index is 14.7. The normalized spacial score (nSPS) is 35.3. The summed E-state index contributed by atoms with van der Waals surface area (Å²) in [6.07, 6.45) is -6.90. The number of fused-ring (bicyclic) bond motifs is 5. The van der Waals surface area contributed by atoms with Gasteiger partial charge in [-0.3, -0.25) is 9.59 Å². The summed E-state index contributed by atoms with van der Waals surface area (Å²) < 4.78 is 17.9. The van der Waals surface area contributed by atoms with E-state index in [0.717, 1.165) is 12.8 Å². The number of nitrogens with one attached hydrogen (secondary N) is 1. The number of ether oxygens (including phenoxy) is 3. The summed E-state index contributed by atoms with van der Waals surface area (Å²) in [7, 11) is 0. The van der Waals surface area contributed by atoms with Gasteiger partial charge in [-0.2, -0.15) is 0 Å². The Hall–Kier alpha value is -1.10. The second-order valence-electron chi connectivity index (χ2n) is 16.9. The molecule has 2 radical (unpaired) electrons. The predicted octanol–water partition coefficient (Wildman–Crippen LogP) is 2.41. The van der Waals surface area contributed by atoms with Gasteiger partial charge in [0.1, 0.15) is 29.5 Å². The molecule has 0 spiro atoms. The summed E-state index contributed by atoms with van der Waals surface area (Å²) in [5.41, 5.74) is -6.97. The maximum absolute atomic E-state index is 14.7. The number of rotatable bonds is 8. The number of hydrogen-bond donors (Lipinski definition) is 6. The predicted molar refractivity (Wildman–Crippen MR) is 195 cm³/mol. The summed E-state index contributed by atoms with van der Waals surface area (Å²) in [4.78, 5) is 56.0. The fourth-order valence-electron chi connectivity index (χ4n) is 10.3. The summed E-state index contributed by atoms with van der Waals surface area (Å²) in [5.74, 6) is -5.05. The van der Waals surface area contributed by atoms with Crippen molar-refractivity contribution in [3.05, 3.63) is 82.9 Å². The zero-order valence-corrected chi connectivity index (χ0v) is 42.2. The smallest absolute Gasteiger partial charge is 0.338 e. The van der Waals surface area contributed by atoms with Crippen molar-refractivity contribution >= 4 is 23.6 Å². The number of Topliss-reactive ketones (excluding diaryl/α,β-unsaturated/α-hetero) is 1. The Labute approximate surface area is 403 Å². The van der Waals surface area contributed by atoms with E-state index in [2.05, 4.69) is 5.32 Å². The van der Waals surface area contributed by atoms with Crippen molar-refractivity contribution in [3.63, 3.8) is 0 Å². The molecule has 15 heteroatoms. The third-order valence-electron chi connectivity index (χ3n) is 13.7. The number of carbonyl (C=O) groups is 4. The summed E-state index contributed by atoms with van der Waals surface area (Å²) in [5, 5.41) is 63.7. The van der Waals surface area contributed by atoms with Crippen LogP contribution in [-0.4, -0.2) is 110 Å². The van der Waals surface area contributed by atoms with Gasteiger partial charge in [0.15, 0.2) is 11.9 Å². The fourth-order valence-corrected chi connectivity index (χ4v) is 10.3. The van der Waals surface area contributed by atoms with Gasteiger partial charge in [0, 0.05) is 118 Å². The third-order valence-corrected chi connectivity index (χ3v) is 13.7. The van der Waals surface area contributed by atoms with E-state index in [1.807, 2.05) is 0 Å². The quantitative estimate of drug-likeness (QED) is 0.167. The van der Waals surface area contributed by atoms with E-state index in [-0.39, 0.29) is 124 Å². The van der Waals surface area contributed by atoms with Gasteiger partial charge < -0.3 is 45.1 Å². The molecule has 4 fully saturated rings. The molecule has 2 aromatic carbocycles. The number of aliphatic hydroxyl groups excluding tert-OH is 3. The number of carbonyl (C=O) groups excluding carboxylic acids is 4. The molecule has 11 atom stereocenters. The number of esters is 2. The van der Waals surface area contributed by atoms with Crippen LogP contribution in [0.4, 0.5) is 0 Å². The molecular weight excluding hydrogens is 1160 g/mol. The van der Waals surface area contributed by atoms with Crippen LogP contribution in [0.1, 0.15) is 86.9 Å². The Morgan fingerprint density at radius 3 is 2.04 bits per heavy atom. The van der Waals surface area contributed by atoms with Gasteiger partial charge in [-0.25, -0.2) is 9.59 Å². The van der Waals surface area contributed by atoms with Crippen molar-refractivity contribution in [2.45, 2.75) is 120 Å². The van der Waals surface area contributed by atoms with Gasteiger partial charge in [0.05, 0.1) is 35.8 Å². The van der Waals surface area contributed by atoms with E-state index >= 15 is 0 Å². The second-order valence-corrected chi connectivity index (χ2v) is 16.9. The van der Waals surface area contributed by atoms with Crippen LogP contribution in [0.25, 0.3) is 0 Å². The van der Waals surface area contributed by atoms with Gasteiger partial charge in [-0.05, 0) is 68.0 Å². The topological polar surface area (TPSA) is 209 Å². The minimum Gasteiger partial charge on any atom is -0.456 e. The van der Waals surface area contributed by atoms with Crippen LogP contribution in [0.5, 0.6) is 0 Å². The van der Waals surface area contributed by atoms with Crippen molar-refractivity contribution in [1.29, 1.82) is 0 Å². The first-order valence-corrected chi connectivity index (χ1v) is 19.1. The van der Waals surface area contributed by atoms with Gasteiger partial charge in [0.25, 0.3) is 5.91 Å². The molecule has 13 nitrogen and oxygen atoms in total. The molecular formula is C42H51Ac2NO12. The van der Waals surface area contributed by atoms with E-state index in [1.165, 1.54) is 19.1 Å². The van der Waals surface area contributed by atoms with Crippen LogP contribution in [0.3, 0.4) is 0 Å². The Bertz CT molecular complexity index is 1870. The fraction of sp³-hybridized carbons (Fsp3) is 0.571. The maximum Gasteiger partial charge on any atom is 0.338 e. The van der Waals surface area contributed by atoms with Crippen LogP contribution < -0.4 is 5.32 Å². The SMILES string of the molecule is CC1=C2C(O)C(=O)[C@]3(C)C(O)CC4OC[C@@]4(O)C3C(OC(=O)c3ccccc3)C(O)(CC1OC(=O)C(O)C(NC(=O)c1ccccc1)C1CCCC1)C2(C)C.[Ac].[Ac]. The van der Waals surface area contributed by atoms with E-state index in [9.17, 15) is 44.7 Å². The molecule has 6 N–H and O–H groups in total. The van der Waals surface area contributed by atoms with Gasteiger partial charge in [0.2, 0.25) is 0 Å². The minimum absolute atomic E-state index is 0. The molecule has 1 amide bonds. The third kappa shape index (κ3) is 7.85. The van der Waals surface area contributed by atoms with Crippen LogP contribution >= 0.6 is 0 Å². The first-order chi connectivity index (χ1) is 26.0. The number of hydrogen-bond acceptors (Lipinski definition) is 12. The molecule has 7 rings (SSSR count). The van der Waals surface area contributed by atoms with Crippen molar-refractivity contribution in [2.75, 3.05) is 6.61 Å². The molecule has 57 heavy (non-hydrogen) atoms. The monoisotopic (exact) mass is 1220 g/mol. The molecule has 9 unspecified atom stereocenters. The Kier molecular flexibility index (Phi) is 14.6. The molecule has 1 saturated heterocycles. The van der Waals surface area contributed by atoms with E-state index in [1.54, 1.807) is 69.3 Å². The van der Waals surface area contributed by atoms with Crippen LogP contribution in [0, 0.1) is 111 Å². The zero-order chi connectivity index (χ0) is 39.7. The first-order valence-electron chi connectivity index (χ1n) is 19.1. The van der Waals surface area contributed by atoms with Crippen molar-refractivity contribution in [3.8, 4) is 0 Å². The largest absolute Gasteiger partial charge is 0.456 e. The van der Waals surface area contributed by atoms with E-state index in [0.29, 0.717) is 18.4 Å². The first kappa shape index (κ1) is 47.0. The molecule has 302 valence electrons. The average Bonchev–Trinajstić information content (AvgIpc) is 3.71. The average molecular weight is 1220 g/mol. The second kappa shape index (κ2) is 17.7. The Morgan fingerprint density at radius 2 is 1.47 bits per heavy atom. The van der Waals surface area contributed by atoms with Crippen molar-refractivity contribution < 1.29 is 147 Å². The molecule has 2 aromatic rings. The standard InChI is InChI=1S/C42H51NO12.2Ac/c1-22-26(54-38(50)32(46)30(23-13-11-12-14-23)43-36(48)24-15-7-5-8-16-24)20-42(52)35(55-37(49)25-17-9-6-10-18-25)33-40(4,27(44)19-28-41(33,51)21-53-28)34(47)31(45)29(22)39(42,2)3;;/h5-10,15-18,23,26-28,30-33,35,44-46,51-52H,11-14,19-21H2,1-4H3,(H,43,48);;/t26?,27?,28?,30?,31?,32?,33?,35?,40-,41+,42?;;/m1../s1. The van der Waals surface area contributed by atoms with Gasteiger partial charge >= 0.3 is 11.9 Å². The summed E-state index contributed by atoms with van der Waals surface area (Å²) >= 11 is 0. The van der Waals surface area contributed by atoms with Crippen LogP contribution in [0.2, 0.25) is 0 Å². The summed E-state index contributed by atoms with van der Waals surface area (Å²) in [6, 6.07) is 15.4. The van der Waals surface area contributed by atoms with Crippen LogP contribution in [-0.2, 0) is 23.8 Å². The van der Waals surface area contributed by atoms with Crippen molar-refractivity contribution in [2.24, 2.45) is 22.7 Å². The number of amides is 1. The molecule has 5 aliphatic rings. The van der Waals surface area contributed by atoms with Gasteiger partial charge in [-0.1, -0.05) is 63.1 Å². The molecule has 3 saturated carbocycles. The molecule has 1 aliphatic heterocycles. The number of ketones is 1. The number of aliphatic hydroxyl groups is 5. The van der Waals surface area contributed by atoms with Gasteiger partial charge in [-0.15, -0.1) is 0 Å². The van der Waals surface area contributed by atoms with Crippen molar-refractivity contribution in [1.82, 2.24) is 5.32 Å². The molecule has 0 aromatic heterocycles. The molecule has 2 bridgehead atoms. The summed E-state index contributed by atoms with van der Waals surface area (Å²) in [6.45, 7) is 5.81. The number of benzene rings is 2. The molecule has 1 heterocycles. The van der Waals surface area contributed by atoms with E-state index in [4.69, 9.17) is 14.2 Å². The minimum atomic E-state index is -2.27. The Morgan fingerprint density at radius 1 is 0.895 bits per heavy atom.